The molecule has 1 aromatic heterocycles. The maximum absolute atomic E-state index is 10.7. The van der Waals surface area contributed by atoms with Crippen LogP contribution >= 0.6 is 27.3 Å². The zero-order valence-electron chi connectivity index (χ0n) is 8.74. The Hall–Kier alpha value is -0.390. The largest absolute Gasteiger partial charge is 0.480 e. The van der Waals surface area contributed by atoms with Crippen molar-refractivity contribution in [2.45, 2.75) is 26.4 Å². The Labute approximate surface area is 102 Å². The van der Waals surface area contributed by atoms with Gasteiger partial charge in [-0.05, 0) is 40.7 Å². The molecule has 0 aliphatic heterocycles. The molecule has 0 spiro atoms. The molecule has 0 saturated carbocycles. The normalized spacial score (nSPS) is 11.3. The van der Waals surface area contributed by atoms with E-state index < -0.39 is 5.97 Å². The molecule has 0 amide bonds. The molecular formula is C10H14BrNO2S. The van der Waals surface area contributed by atoms with Crippen LogP contribution < -0.4 is 0 Å². The number of carboxylic acid groups (broad SMARTS) is 1. The van der Waals surface area contributed by atoms with Gasteiger partial charge in [-0.1, -0.05) is 0 Å². The van der Waals surface area contributed by atoms with Gasteiger partial charge >= 0.3 is 5.97 Å². The first-order valence-corrected chi connectivity index (χ1v) is 6.40. The Kier molecular flexibility index (Phi) is 4.76. The number of hydrogen-bond acceptors (Lipinski definition) is 3. The van der Waals surface area contributed by atoms with Gasteiger partial charge < -0.3 is 5.11 Å². The number of carbonyl (C=O) groups is 1. The summed E-state index contributed by atoms with van der Waals surface area (Å²) in [4.78, 5) is 12.6. The molecule has 0 saturated heterocycles. The second-order valence-corrected chi connectivity index (χ2v) is 5.24. The summed E-state index contributed by atoms with van der Waals surface area (Å²) in [6.45, 7) is 4.76. The minimum atomic E-state index is -0.782. The molecule has 1 N–H and O–H groups in total. The zero-order chi connectivity index (χ0) is 11.4. The molecule has 15 heavy (non-hydrogen) atoms. The van der Waals surface area contributed by atoms with Crippen LogP contribution in [-0.2, 0) is 11.3 Å². The minimum absolute atomic E-state index is 0.0833. The number of halogens is 1. The topological polar surface area (TPSA) is 40.5 Å². The lowest BCUT2D eigenvalue weighted by Gasteiger charge is -2.24. The van der Waals surface area contributed by atoms with Gasteiger partial charge in [0.15, 0.2) is 0 Å². The molecular weight excluding hydrogens is 278 g/mol. The van der Waals surface area contributed by atoms with Gasteiger partial charge in [0.2, 0.25) is 0 Å². The number of hydrogen-bond donors (Lipinski definition) is 1. The lowest BCUT2D eigenvalue weighted by molar-refractivity contribution is -0.138. The first kappa shape index (κ1) is 12.7. The lowest BCUT2D eigenvalue weighted by Crippen LogP contribution is -2.35. The Morgan fingerprint density at radius 2 is 2.27 bits per heavy atom. The highest BCUT2D eigenvalue weighted by Crippen LogP contribution is 2.23. The van der Waals surface area contributed by atoms with Gasteiger partial charge in [0.25, 0.3) is 0 Å². The predicted molar refractivity (Wildman–Crippen MR) is 65.2 cm³/mol. The number of aliphatic carboxylic acids is 1. The Morgan fingerprint density at radius 3 is 2.67 bits per heavy atom. The summed E-state index contributed by atoms with van der Waals surface area (Å²) >= 11 is 5.06. The van der Waals surface area contributed by atoms with E-state index in [9.17, 15) is 4.79 Å². The summed E-state index contributed by atoms with van der Waals surface area (Å²) in [5.74, 6) is -0.782. The molecule has 0 radical (unpaired) electrons. The van der Waals surface area contributed by atoms with Crippen molar-refractivity contribution in [1.82, 2.24) is 4.90 Å². The Bertz CT molecular complexity index is 338. The third-order valence-electron chi connectivity index (χ3n) is 2.13. The van der Waals surface area contributed by atoms with Crippen LogP contribution in [0.15, 0.2) is 15.2 Å². The average molecular weight is 292 g/mol. The van der Waals surface area contributed by atoms with Crippen molar-refractivity contribution < 1.29 is 9.90 Å². The highest BCUT2D eigenvalue weighted by atomic mass is 79.9. The molecule has 0 aliphatic carbocycles. The Balaban J connectivity index is 2.67. The van der Waals surface area contributed by atoms with Crippen molar-refractivity contribution in [3.05, 3.63) is 20.8 Å². The molecule has 84 valence electrons. The van der Waals surface area contributed by atoms with E-state index in [1.165, 1.54) is 0 Å². The van der Waals surface area contributed by atoms with Crippen LogP contribution in [0.1, 0.15) is 19.4 Å². The minimum Gasteiger partial charge on any atom is -0.480 e. The predicted octanol–water partition coefficient (Wildman–Crippen LogP) is 2.81. The van der Waals surface area contributed by atoms with E-state index in [2.05, 4.69) is 15.9 Å². The van der Waals surface area contributed by atoms with Gasteiger partial charge in [-0.25, -0.2) is 0 Å². The number of thiophene rings is 1. The SMILES string of the molecule is CC(C)N(CC(=O)O)Cc1cscc1Br. The maximum atomic E-state index is 10.7. The summed E-state index contributed by atoms with van der Waals surface area (Å²) in [7, 11) is 0. The summed E-state index contributed by atoms with van der Waals surface area (Å²) in [6, 6.07) is 0.230. The summed E-state index contributed by atoms with van der Waals surface area (Å²) in [5, 5.41) is 12.8. The fraction of sp³-hybridized carbons (Fsp3) is 0.500. The molecule has 3 nitrogen and oxygen atoms in total. The highest BCUT2D eigenvalue weighted by molar-refractivity contribution is 9.10. The van der Waals surface area contributed by atoms with Crippen LogP contribution in [0, 0.1) is 0 Å². The number of rotatable bonds is 5. The third kappa shape index (κ3) is 3.93. The first-order chi connectivity index (χ1) is 7.00. The standard InChI is InChI=1S/C10H14BrNO2S/c1-7(2)12(4-10(13)14)3-8-5-15-6-9(8)11/h5-7H,3-4H2,1-2H3,(H,13,14). The van der Waals surface area contributed by atoms with Crippen molar-refractivity contribution >= 4 is 33.2 Å². The fourth-order valence-electron chi connectivity index (χ4n) is 1.23. The smallest absolute Gasteiger partial charge is 0.317 e. The van der Waals surface area contributed by atoms with Gasteiger partial charge in [0, 0.05) is 22.4 Å². The first-order valence-electron chi connectivity index (χ1n) is 4.67. The van der Waals surface area contributed by atoms with E-state index in [0.717, 1.165) is 10.0 Å². The van der Waals surface area contributed by atoms with Crippen molar-refractivity contribution in [3.8, 4) is 0 Å². The maximum Gasteiger partial charge on any atom is 0.317 e. The second kappa shape index (κ2) is 5.63. The van der Waals surface area contributed by atoms with E-state index in [-0.39, 0.29) is 12.6 Å². The van der Waals surface area contributed by atoms with Crippen LogP contribution in [-0.4, -0.2) is 28.6 Å². The molecule has 0 atom stereocenters. The molecule has 0 bridgehead atoms. The summed E-state index contributed by atoms with van der Waals surface area (Å²) in [5.41, 5.74) is 1.15. The van der Waals surface area contributed by atoms with Gasteiger partial charge in [-0.15, -0.1) is 0 Å². The average Bonchev–Trinajstić information content (AvgIpc) is 2.50. The van der Waals surface area contributed by atoms with Crippen molar-refractivity contribution in [1.29, 1.82) is 0 Å². The van der Waals surface area contributed by atoms with E-state index in [0.29, 0.717) is 6.54 Å². The molecule has 0 aliphatic rings. The summed E-state index contributed by atoms with van der Waals surface area (Å²) < 4.78 is 1.06. The van der Waals surface area contributed by atoms with Gasteiger partial charge in [-0.3, -0.25) is 9.69 Å². The molecule has 1 aromatic rings. The molecule has 1 heterocycles. The van der Waals surface area contributed by atoms with Crippen LogP contribution in [0.25, 0.3) is 0 Å². The van der Waals surface area contributed by atoms with E-state index in [4.69, 9.17) is 5.11 Å². The molecule has 5 heteroatoms. The zero-order valence-corrected chi connectivity index (χ0v) is 11.1. The van der Waals surface area contributed by atoms with Crippen molar-refractivity contribution in [2.24, 2.45) is 0 Å². The lowest BCUT2D eigenvalue weighted by atomic mass is 10.2. The molecule has 1 rings (SSSR count). The fourth-order valence-corrected chi connectivity index (χ4v) is 2.65. The Morgan fingerprint density at radius 1 is 1.60 bits per heavy atom. The van der Waals surface area contributed by atoms with Crippen molar-refractivity contribution in [2.75, 3.05) is 6.54 Å². The monoisotopic (exact) mass is 291 g/mol. The second-order valence-electron chi connectivity index (χ2n) is 3.64. The molecule has 0 aromatic carbocycles. The quantitative estimate of drug-likeness (QED) is 0.907. The van der Waals surface area contributed by atoms with Crippen LogP contribution in [0.2, 0.25) is 0 Å². The van der Waals surface area contributed by atoms with E-state index in [1.54, 1.807) is 11.3 Å². The van der Waals surface area contributed by atoms with E-state index >= 15 is 0 Å². The van der Waals surface area contributed by atoms with Crippen LogP contribution in [0.5, 0.6) is 0 Å². The van der Waals surface area contributed by atoms with E-state index in [1.807, 2.05) is 29.5 Å². The summed E-state index contributed by atoms with van der Waals surface area (Å²) in [6.07, 6.45) is 0. The van der Waals surface area contributed by atoms with Crippen LogP contribution in [0.3, 0.4) is 0 Å². The van der Waals surface area contributed by atoms with Gasteiger partial charge in [0.05, 0.1) is 6.54 Å². The molecule has 0 unspecified atom stereocenters. The van der Waals surface area contributed by atoms with Gasteiger partial charge in [-0.2, -0.15) is 11.3 Å². The molecule has 0 fully saturated rings. The number of nitrogens with zero attached hydrogens (tertiary/aromatic N) is 1. The highest BCUT2D eigenvalue weighted by Gasteiger charge is 2.15. The third-order valence-corrected chi connectivity index (χ3v) is 3.96. The van der Waals surface area contributed by atoms with Gasteiger partial charge in [0.1, 0.15) is 0 Å². The van der Waals surface area contributed by atoms with Crippen LogP contribution in [0.4, 0.5) is 0 Å². The number of carboxylic acids is 1. The van der Waals surface area contributed by atoms with Crippen molar-refractivity contribution in [3.63, 3.8) is 0 Å².